The van der Waals surface area contributed by atoms with Gasteiger partial charge in [0.1, 0.15) is 5.60 Å². The Hall–Kier alpha value is -0.530. The first-order valence-electron chi connectivity index (χ1n) is 7.17. The highest BCUT2D eigenvalue weighted by Crippen LogP contribution is 2.61. The zero-order valence-corrected chi connectivity index (χ0v) is 11.3. The Kier molecular flexibility index (Phi) is 2.37. The van der Waals surface area contributed by atoms with Crippen LogP contribution in [-0.4, -0.2) is 11.6 Å². The lowest BCUT2D eigenvalue weighted by Gasteiger charge is -2.56. The summed E-state index contributed by atoms with van der Waals surface area (Å²) in [7, 11) is 0. The molecular weight excluding hydrogens is 212 g/mol. The third-order valence-electron chi connectivity index (χ3n) is 6.11. The SMILES string of the molecule is C[C@H]1CCC[C@@]2(C)C1CC[C@@]1(C)OC(=O)C[C@@H]12. The quantitative estimate of drug-likeness (QED) is 0.601. The lowest BCUT2D eigenvalue weighted by molar-refractivity contribution is -0.159. The Labute approximate surface area is 104 Å². The number of fused-ring (bicyclic) bond motifs is 3. The van der Waals surface area contributed by atoms with E-state index in [0.717, 1.165) is 18.3 Å². The standard InChI is InChI=1S/C15H24O2/c1-10-5-4-7-14(2)11(10)6-8-15(3)12(14)9-13(16)17-15/h10-12H,4-9H2,1-3H3/t10-,11?,12+,14-,15+/m0/s1. The average Bonchev–Trinajstić information content (AvgIpc) is 2.54. The maximum atomic E-state index is 11.7. The number of carbonyl (C=O) groups is 1. The molecule has 17 heavy (non-hydrogen) atoms. The third kappa shape index (κ3) is 1.49. The van der Waals surface area contributed by atoms with Crippen molar-refractivity contribution in [3.05, 3.63) is 0 Å². The molecule has 3 rings (SSSR count). The molecule has 1 heterocycles. The van der Waals surface area contributed by atoms with Gasteiger partial charge in [0.25, 0.3) is 0 Å². The molecule has 0 radical (unpaired) electrons. The summed E-state index contributed by atoms with van der Waals surface area (Å²) in [5.74, 6) is 2.14. The molecule has 2 aliphatic carbocycles. The second kappa shape index (κ2) is 3.49. The maximum Gasteiger partial charge on any atom is 0.306 e. The van der Waals surface area contributed by atoms with E-state index in [1.54, 1.807) is 0 Å². The second-order valence-corrected chi connectivity index (χ2v) is 7.06. The number of ether oxygens (including phenoxy) is 1. The zero-order chi connectivity index (χ0) is 12.3. The van der Waals surface area contributed by atoms with Gasteiger partial charge >= 0.3 is 5.97 Å². The summed E-state index contributed by atoms with van der Waals surface area (Å²) in [6.07, 6.45) is 6.98. The van der Waals surface area contributed by atoms with Gasteiger partial charge in [-0.25, -0.2) is 0 Å². The van der Waals surface area contributed by atoms with Crippen LogP contribution in [0.5, 0.6) is 0 Å². The fourth-order valence-electron chi connectivity index (χ4n) is 5.24. The molecule has 2 heteroatoms. The van der Waals surface area contributed by atoms with Gasteiger partial charge in [0, 0.05) is 5.92 Å². The molecular formula is C15H24O2. The normalized spacial score (nSPS) is 53.8. The minimum Gasteiger partial charge on any atom is -0.459 e. The van der Waals surface area contributed by atoms with Crippen LogP contribution in [0.4, 0.5) is 0 Å². The number of esters is 1. The summed E-state index contributed by atoms with van der Waals surface area (Å²) >= 11 is 0. The Morgan fingerprint density at radius 3 is 2.76 bits per heavy atom. The molecule has 5 atom stereocenters. The molecule has 1 aliphatic heterocycles. The fourth-order valence-corrected chi connectivity index (χ4v) is 5.24. The molecule has 3 fully saturated rings. The van der Waals surface area contributed by atoms with Crippen LogP contribution in [0.2, 0.25) is 0 Å². The number of hydrogen-bond acceptors (Lipinski definition) is 2. The van der Waals surface area contributed by atoms with Crippen LogP contribution < -0.4 is 0 Å². The van der Waals surface area contributed by atoms with Crippen LogP contribution in [0, 0.1) is 23.2 Å². The van der Waals surface area contributed by atoms with Crippen molar-refractivity contribution in [2.24, 2.45) is 23.2 Å². The number of hydrogen-bond donors (Lipinski definition) is 0. The molecule has 1 saturated heterocycles. The van der Waals surface area contributed by atoms with Gasteiger partial charge in [0.05, 0.1) is 6.42 Å². The van der Waals surface area contributed by atoms with Crippen molar-refractivity contribution in [1.82, 2.24) is 0 Å². The van der Waals surface area contributed by atoms with Gasteiger partial charge in [-0.05, 0) is 43.4 Å². The molecule has 0 aromatic rings. The second-order valence-electron chi connectivity index (χ2n) is 7.06. The number of rotatable bonds is 0. The summed E-state index contributed by atoms with van der Waals surface area (Å²) < 4.78 is 5.66. The fraction of sp³-hybridized carbons (Fsp3) is 0.933. The van der Waals surface area contributed by atoms with E-state index in [4.69, 9.17) is 4.74 Å². The molecule has 2 nitrogen and oxygen atoms in total. The Bertz CT molecular complexity index is 351. The van der Waals surface area contributed by atoms with Gasteiger partial charge < -0.3 is 4.74 Å². The van der Waals surface area contributed by atoms with E-state index < -0.39 is 0 Å². The van der Waals surface area contributed by atoms with Crippen molar-refractivity contribution in [3.8, 4) is 0 Å². The first-order valence-corrected chi connectivity index (χ1v) is 7.17. The Morgan fingerprint density at radius 1 is 1.24 bits per heavy atom. The van der Waals surface area contributed by atoms with Crippen molar-refractivity contribution in [3.63, 3.8) is 0 Å². The smallest absolute Gasteiger partial charge is 0.306 e. The van der Waals surface area contributed by atoms with Gasteiger partial charge in [-0.1, -0.05) is 26.7 Å². The maximum absolute atomic E-state index is 11.7. The average molecular weight is 236 g/mol. The van der Waals surface area contributed by atoms with Crippen LogP contribution in [0.15, 0.2) is 0 Å². The molecule has 0 aromatic carbocycles. The van der Waals surface area contributed by atoms with Gasteiger partial charge in [-0.15, -0.1) is 0 Å². The molecule has 2 saturated carbocycles. The predicted molar refractivity (Wildman–Crippen MR) is 66.5 cm³/mol. The molecule has 96 valence electrons. The van der Waals surface area contributed by atoms with E-state index in [1.165, 1.54) is 25.7 Å². The first kappa shape index (κ1) is 11.6. The van der Waals surface area contributed by atoms with Gasteiger partial charge in [0.2, 0.25) is 0 Å². The zero-order valence-electron chi connectivity index (χ0n) is 11.3. The highest BCUT2D eigenvalue weighted by Gasteiger charge is 2.60. The largest absolute Gasteiger partial charge is 0.459 e. The van der Waals surface area contributed by atoms with E-state index >= 15 is 0 Å². The van der Waals surface area contributed by atoms with E-state index in [9.17, 15) is 4.79 Å². The van der Waals surface area contributed by atoms with Gasteiger partial charge in [-0.3, -0.25) is 4.79 Å². The minimum absolute atomic E-state index is 0.0394. The highest BCUT2D eigenvalue weighted by atomic mass is 16.6. The lowest BCUT2D eigenvalue weighted by atomic mass is 9.49. The van der Waals surface area contributed by atoms with E-state index in [-0.39, 0.29) is 11.6 Å². The third-order valence-corrected chi connectivity index (χ3v) is 6.11. The molecule has 0 spiro atoms. The van der Waals surface area contributed by atoms with Crippen molar-refractivity contribution >= 4 is 5.97 Å². The summed E-state index contributed by atoms with van der Waals surface area (Å²) in [6.45, 7) is 7.00. The minimum atomic E-state index is -0.153. The highest BCUT2D eigenvalue weighted by molar-refractivity contribution is 5.73. The van der Waals surface area contributed by atoms with Crippen molar-refractivity contribution in [2.45, 2.75) is 64.9 Å². The summed E-state index contributed by atoms with van der Waals surface area (Å²) in [5.41, 5.74) is 0.191. The van der Waals surface area contributed by atoms with Crippen molar-refractivity contribution in [2.75, 3.05) is 0 Å². The van der Waals surface area contributed by atoms with E-state index in [1.807, 2.05) is 0 Å². The Morgan fingerprint density at radius 2 is 2.00 bits per heavy atom. The monoisotopic (exact) mass is 236 g/mol. The summed E-state index contributed by atoms with van der Waals surface area (Å²) in [5, 5.41) is 0. The number of carbonyl (C=O) groups excluding carboxylic acids is 1. The lowest BCUT2D eigenvalue weighted by Crippen LogP contribution is -2.53. The van der Waals surface area contributed by atoms with Crippen LogP contribution in [0.25, 0.3) is 0 Å². The summed E-state index contributed by atoms with van der Waals surface area (Å²) in [6, 6.07) is 0. The molecule has 0 N–H and O–H groups in total. The van der Waals surface area contributed by atoms with Crippen LogP contribution >= 0.6 is 0 Å². The first-order chi connectivity index (χ1) is 7.96. The molecule has 0 aromatic heterocycles. The molecule has 1 unspecified atom stereocenters. The van der Waals surface area contributed by atoms with Crippen molar-refractivity contribution in [1.29, 1.82) is 0 Å². The molecule has 0 amide bonds. The molecule has 3 aliphatic rings. The summed E-state index contributed by atoms with van der Waals surface area (Å²) in [4.78, 5) is 11.7. The van der Waals surface area contributed by atoms with Crippen molar-refractivity contribution < 1.29 is 9.53 Å². The van der Waals surface area contributed by atoms with Gasteiger partial charge in [-0.2, -0.15) is 0 Å². The van der Waals surface area contributed by atoms with Gasteiger partial charge in [0.15, 0.2) is 0 Å². The Balaban J connectivity index is 1.97. The van der Waals surface area contributed by atoms with E-state index in [0.29, 0.717) is 17.8 Å². The predicted octanol–water partition coefficient (Wildman–Crippen LogP) is 3.54. The topological polar surface area (TPSA) is 26.3 Å². The van der Waals surface area contributed by atoms with Crippen LogP contribution in [0.1, 0.15) is 59.3 Å². The van der Waals surface area contributed by atoms with Crippen LogP contribution in [-0.2, 0) is 9.53 Å². The van der Waals surface area contributed by atoms with E-state index in [2.05, 4.69) is 20.8 Å². The molecule has 0 bridgehead atoms. The van der Waals surface area contributed by atoms with Crippen LogP contribution in [0.3, 0.4) is 0 Å².